The number of hydrogen-bond acceptors (Lipinski definition) is 2. The summed E-state index contributed by atoms with van der Waals surface area (Å²) in [5, 5.41) is 12.9. The van der Waals surface area contributed by atoms with Gasteiger partial charge in [-0.05, 0) is 24.1 Å². The lowest BCUT2D eigenvalue weighted by Gasteiger charge is -2.20. The molecule has 0 radical (unpaired) electrons. The number of alkyl halides is 1. The van der Waals surface area contributed by atoms with Crippen LogP contribution in [0.25, 0.3) is 0 Å². The summed E-state index contributed by atoms with van der Waals surface area (Å²) in [7, 11) is 0. The third-order valence-corrected chi connectivity index (χ3v) is 4.53. The summed E-state index contributed by atoms with van der Waals surface area (Å²) >= 11 is 9.41. The Balaban J connectivity index is 2.63. The van der Waals surface area contributed by atoms with Crippen LogP contribution in [0.3, 0.4) is 0 Å². The van der Waals surface area contributed by atoms with E-state index < -0.39 is 0 Å². The Bertz CT molecular complexity index is 435. The summed E-state index contributed by atoms with van der Waals surface area (Å²) in [6, 6.07) is 4.43. The lowest BCUT2D eigenvalue weighted by molar-refractivity contribution is 0.0949. The zero-order valence-electron chi connectivity index (χ0n) is 11.1. The SMILES string of the molecule is CCC(CC)C(Br)CNC(=O)c1cc(Cl)ccc1O. The van der Waals surface area contributed by atoms with Crippen molar-refractivity contribution in [1.82, 2.24) is 5.32 Å². The van der Waals surface area contributed by atoms with E-state index in [0.717, 1.165) is 12.8 Å². The molecular formula is C14H19BrClNO2. The predicted molar refractivity (Wildman–Crippen MR) is 82.2 cm³/mol. The summed E-state index contributed by atoms with van der Waals surface area (Å²) in [6.45, 7) is 4.79. The van der Waals surface area contributed by atoms with Gasteiger partial charge in [0.05, 0.1) is 5.56 Å². The molecule has 0 spiro atoms. The van der Waals surface area contributed by atoms with Gasteiger partial charge in [0, 0.05) is 16.4 Å². The van der Waals surface area contributed by atoms with Gasteiger partial charge in [-0.1, -0.05) is 54.2 Å². The van der Waals surface area contributed by atoms with Crippen LogP contribution in [-0.4, -0.2) is 22.4 Å². The van der Waals surface area contributed by atoms with Crippen LogP contribution in [0.4, 0.5) is 0 Å². The van der Waals surface area contributed by atoms with Gasteiger partial charge in [0.15, 0.2) is 0 Å². The van der Waals surface area contributed by atoms with Crippen molar-refractivity contribution in [2.75, 3.05) is 6.54 Å². The topological polar surface area (TPSA) is 49.3 Å². The van der Waals surface area contributed by atoms with E-state index >= 15 is 0 Å². The molecule has 0 aliphatic heterocycles. The maximum Gasteiger partial charge on any atom is 0.255 e. The van der Waals surface area contributed by atoms with Crippen LogP contribution in [0.2, 0.25) is 5.02 Å². The van der Waals surface area contributed by atoms with Gasteiger partial charge in [0.2, 0.25) is 0 Å². The molecule has 1 aromatic rings. The van der Waals surface area contributed by atoms with Crippen molar-refractivity contribution < 1.29 is 9.90 Å². The second kappa shape index (κ2) is 7.75. The van der Waals surface area contributed by atoms with Crippen molar-refractivity contribution in [3.8, 4) is 5.75 Å². The largest absolute Gasteiger partial charge is 0.507 e. The Labute approximate surface area is 127 Å². The molecule has 0 fully saturated rings. The van der Waals surface area contributed by atoms with E-state index in [-0.39, 0.29) is 22.0 Å². The highest BCUT2D eigenvalue weighted by Crippen LogP contribution is 2.22. The molecule has 1 aromatic carbocycles. The number of halogens is 2. The van der Waals surface area contributed by atoms with E-state index in [2.05, 4.69) is 35.1 Å². The summed E-state index contributed by atoms with van der Waals surface area (Å²) < 4.78 is 0. The third-order valence-electron chi connectivity index (χ3n) is 3.22. The monoisotopic (exact) mass is 347 g/mol. The Hall–Kier alpha value is -0.740. The molecule has 0 saturated heterocycles. The van der Waals surface area contributed by atoms with Crippen molar-refractivity contribution in [1.29, 1.82) is 0 Å². The molecule has 0 aromatic heterocycles. The molecule has 0 bridgehead atoms. The van der Waals surface area contributed by atoms with Crippen LogP contribution >= 0.6 is 27.5 Å². The molecule has 0 aliphatic carbocycles. The molecule has 0 saturated carbocycles. The molecule has 0 aliphatic rings. The summed E-state index contributed by atoms with van der Waals surface area (Å²) in [5.74, 6) is 0.152. The predicted octanol–water partition coefficient (Wildman–Crippen LogP) is 3.98. The molecule has 1 amide bonds. The second-order valence-corrected chi connectivity index (χ2v) is 6.08. The van der Waals surface area contributed by atoms with E-state index in [9.17, 15) is 9.90 Å². The quantitative estimate of drug-likeness (QED) is 0.764. The lowest BCUT2D eigenvalue weighted by Crippen LogP contribution is -2.32. The van der Waals surface area contributed by atoms with Gasteiger partial charge in [-0.3, -0.25) is 4.79 Å². The van der Waals surface area contributed by atoms with E-state index in [0.29, 0.717) is 17.5 Å². The first-order valence-corrected chi connectivity index (χ1v) is 7.69. The second-order valence-electron chi connectivity index (χ2n) is 4.46. The summed E-state index contributed by atoms with van der Waals surface area (Å²) in [4.78, 5) is 12.2. The van der Waals surface area contributed by atoms with Gasteiger partial charge in [-0.2, -0.15) is 0 Å². The van der Waals surface area contributed by atoms with Gasteiger partial charge in [0.25, 0.3) is 5.91 Å². The average Bonchev–Trinajstić information content (AvgIpc) is 2.40. The normalized spacial score (nSPS) is 12.5. The van der Waals surface area contributed by atoms with Crippen LogP contribution in [0.15, 0.2) is 18.2 Å². The van der Waals surface area contributed by atoms with E-state index in [1.165, 1.54) is 12.1 Å². The first-order valence-electron chi connectivity index (χ1n) is 6.40. The Morgan fingerprint density at radius 1 is 1.42 bits per heavy atom. The van der Waals surface area contributed by atoms with Crippen LogP contribution in [0.5, 0.6) is 5.75 Å². The molecule has 1 atom stereocenters. The average molecular weight is 349 g/mol. The van der Waals surface area contributed by atoms with Gasteiger partial charge in [-0.15, -0.1) is 0 Å². The maximum atomic E-state index is 12.0. The van der Waals surface area contributed by atoms with Crippen molar-refractivity contribution in [3.63, 3.8) is 0 Å². The number of amides is 1. The molecule has 1 unspecified atom stereocenters. The van der Waals surface area contributed by atoms with Crippen LogP contribution in [0.1, 0.15) is 37.0 Å². The third kappa shape index (κ3) is 4.69. The van der Waals surface area contributed by atoms with E-state index in [1.807, 2.05) is 0 Å². The number of phenols is 1. The van der Waals surface area contributed by atoms with Crippen molar-refractivity contribution in [2.45, 2.75) is 31.5 Å². The molecule has 106 valence electrons. The molecule has 19 heavy (non-hydrogen) atoms. The first-order chi connectivity index (χ1) is 8.99. The molecular weight excluding hydrogens is 330 g/mol. The fourth-order valence-electron chi connectivity index (χ4n) is 1.94. The fraction of sp³-hybridized carbons (Fsp3) is 0.500. The van der Waals surface area contributed by atoms with Gasteiger partial charge < -0.3 is 10.4 Å². The van der Waals surface area contributed by atoms with E-state index in [1.54, 1.807) is 6.07 Å². The smallest absolute Gasteiger partial charge is 0.255 e. The van der Waals surface area contributed by atoms with Crippen molar-refractivity contribution in [3.05, 3.63) is 28.8 Å². The van der Waals surface area contributed by atoms with E-state index in [4.69, 9.17) is 11.6 Å². The number of rotatable bonds is 6. The minimum Gasteiger partial charge on any atom is -0.507 e. The molecule has 2 N–H and O–H groups in total. The van der Waals surface area contributed by atoms with Gasteiger partial charge in [0.1, 0.15) is 5.75 Å². The zero-order valence-corrected chi connectivity index (χ0v) is 13.5. The Kier molecular flexibility index (Phi) is 6.66. The number of nitrogens with one attached hydrogen (secondary N) is 1. The van der Waals surface area contributed by atoms with Crippen LogP contribution in [0, 0.1) is 5.92 Å². The lowest BCUT2D eigenvalue weighted by atomic mass is 9.99. The highest BCUT2D eigenvalue weighted by molar-refractivity contribution is 9.09. The van der Waals surface area contributed by atoms with Crippen LogP contribution in [-0.2, 0) is 0 Å². The van der Waals surface area contributed by atoms with Crippen molar-refractivity contribution >= 4 is 33.4 Å². The number of benzene rings is 1. The fourth-order valence-corrected chi connectivity index (χ4v) is 3.02. The highest BCUT2D eigenvalue weighted by atomic mass is 79.9. The number of carbonyl (C=O) groups excluding carboxylic acids is 1. The number of phenolic OH excluding ortho intramolecular Hbond substituents is 1. The zero-order chi connectivity index (χ0) is 14.4. The number of carbonyl (C=O) groups is 1. The minimum atomic E-state index is -0.310. The van der Waals surface area contributed by atoms with Gasteiger partial charge >= 0.3 is 0 Å². The first kappa shape index (κ1) is 16.3. The van der Waals surface area contributed by atoms with Crippen LogP contribution < -0.4 is 5.32 Å². The molecule has 1 rings (SSSR count). The van der Waals surface area contributed by atoms with Crippen molar-refractivity contribution in [2.24, 2.45) is 5.92 Å². The molecule has 0 heterocycles. The standard InChI is InChI=1S/C14H19BrClNO2/c1-3-9(4-2)12(15)8-17-14(19)11-7-10(16)5-6-13(11)18/h5-7,9,12,18H,3-4,8H2,1-2H3,(H,17,19). The number of hydrogen-bond donors (Lipinski definition) is 2. The molecule has 3 nitrogen and oxygen atoms in total. The highest BCUT2D eigenvalue weighted by Gasteiger charge is 2.17. The maximum absolute atomic E-state index is 12.0. The minimum absolute atomic E-state index is 0.0597. The molecule has 5 heteroatoms. The number of aromatic hydroxyl groups is 1. The Morgan fingerprint density at radius 2 is 2.05 bits per heavy atom. The Morgan fingerprint density at radius 3 is 2.63 bits per heavy atom. The summed E-state index contributed by atoms with van der Waals surface area (Å²) in [5.41, 5.74) is 0.205. The summed E-state index contributed by atoms with van der Waals surface area (Å²) in [6.07, 6.45) is 2.12. The van der Waals surface area contributed by atoms with Gasteiger partial charge in [-0.25, -0.2) is 0 Å².